The molecule has 1 aromatic rings. The summed E-state index contributed by atoms with van der Waals surface area (Å²) in [6, 6.07) is 5.08. The molecule has 128 valence electrons. The lowest BCUT2D eigenvalue weighted by atomic mass is 9.99. The molecule has 0 saturated heterocycles. The van der Waals surface area contributed by atoms with Crippen molar-refractivity contribution in [1.29, 1.82) is 0 Å². The Morgan fingerprint density at radius 3 is 2.13 bits per heavy atom. The number of hydrogen-bond acceptors (Lipinski definition) is 4. The van der Waals surface area contributed by atoms with Gasteiger partial charge in [-0.3, -0.25) is 0 Å². The monoisotopic (exact) mass is 357 g/mol. The summed E-state index contributed by atoms with van der Waals surface area (Å²) in [5.74, 6) is 0.612. The van der Waals surface area contributed by atoms with Gasteiger partial charge in [0.15, 0.2) is 9.84 Å². The van der Waals surface area contributed by atoms with E-state index in [1.807, 2.05) is 0 Å². The van der Waals surface area contributed by atoms with Crippen molar-refractivity contribution in [2.45, 2.75) is 42.9 Å². The van der Waals surface area contributed by atoms with Crippen LogP contribution in [0.3, 0.4) is 0 Å². The summed E-state index contributed by atoms with van der Waals surface area (Å²) in [4.78, 5) is 0.0297. The molecular weight excluding hydrogens is 334 g/mol. The molecule has 0 radical (unpaired) electrons. The summed E-state index contributed by atoms with van der Waals surface area (Å²) in [6.07, 6.45) is 5.26. The van der Waals surface area contributed by atoms with Gasteiger partial charge < -0.3 is 0 Å². The van der Waals surface area contributed by atoms with E-state index in [1.165, 1.54) is 24.3 Å². The van der Waals surface area contributed by atoms with Gasteiger partial charge in [-0.05, 0) is 48.9 Å². The fourth-order valence-corrected chi connectivity index (χ4v) is 4.93. The Morgan fingerprint density at radius 1 is 1.00 bits per heavy atom. The molecule has 0 saturated carbocycles. The van der Waals surface area contributed by atoms with Gasteiger partial charge in [-0.15, -0.1) is 0 Å². The Morgan fingerprint density at radius 2 is 1.57 bits per heavy atom. The molecule has 1 aliphatic rings. The topological polar surface area (TPSA) is 94.3 Å². The summed E-state index contributed by atoms with van der Waals surface area (Å²) in [5, 5.41) is 5.03. The standard InChI is InChI=1S/C16H23NO4S2/c1-12-4-3-5-13(2)14(10-12)11-22(18,19)15-6-8-16(9-7-15)23(17,20)21/h6-10,12-13H,3-5,11H2,1-2H3,(H2,17,20,21). The van der Waals surface area contributed by atoms with E-state index >= 15 is 0 Å². The van der Waals surface area contributed by atoms with Crippen molar-refractivity contribution in [3.8, 4) is 0 Å². The van der Waals surface area contributed by atoms with E-state index in [2.05, 4.69) is 19.9 Å². The SMILES string of the molecule is CC1C=C(CS(=O)(=O)c2ccc(S(N)(=O)=O)cc2)C(C)CCC1. The highest BCUT2D eigenvalue weighted by Gasteiger charge is 2.23. The second-order valence-electron chi connectivity index (χ2n) is 6.33. The highest BCUT2D eigenvalue weighted by molar-refractivity contribution is 7.91. The second kappa shape index (κ2) is 6.75. The third-order valence-electron chi connectivity index (χ3n) is 4.30. The largest absolute Gasteiger partial charge is 0.238 e. The molecule has 0 spiro atoms. The van der Waals surface area contributed by atoms with Gasteiger partial charge in [0.25, 0.3) is 0 Å². The van der Waals surface area contributed by atoms with Gasteiger partial charge in [0.2, 0.25) is 10.0 Å². The molecule has 5 nitrogen and oxygen atoms in total. The zero-order valence-corrected chi connectivity index (χ0v) is 15.0. The average molecular weight is 357 g/mol. The summed E-state index contributed by atoms with van der Waals surface area (Å²) >= 11 is 0. The van der Waals surface area contributed by atoms with Gasteiger partial charge in [-0.2, -0.15) is 0 Å². The molecule has 2 N–H and O–H groups in total. The average Bonchev–Trinajstić information content (AvgIpc) is 2.59. The molecule has 23 heavy (non-hydrogen) atoms. The van der Waals surface area contributed by atoms with Crippen molar-refractivity contribution < 1.29 is 16.8 Å². The normalized spacial score (nSPS) is 23.2. The molecule has 7 heteroatoms. The molecule has 0 aromatic heterocycles. The van der Waals surface area contributed by atoms with E-state index in [0.29, 0.717) is 5.92 Å². The molecule has 2 rings (SSSR count). The van der Waals surface area contributed by atoms with Crippen molar-refractivity contribution in [3.05, 3.63) is 35.9 Å². The number of sulfonamides is 1. The molecule has 2 atom stereocenters. The Labute approximate surface area is 138 Å². The fraction of sp³-hybridized carbons (Fsp3) is 0.500. The minimum absolute atomic E-state index is 0.0206. The molecule has 1 aliphatic carbocycles. The van der Waals surface area contributed by atoms with Crippen molar-refractivity contribution in [1.82, 2.24) is 0 Å². The van der Waals surface area contributed by atoms with Crippen LogP contribution >= 0.6 is 0 Å². The second-order valence-corrected chi connectivity index (χ2v) is 9.88. The number of primary sulfonamides is 1. The summed E-state index contributed by atoms with van der Waals surface area (Å²) in [5.41, 5.74) is 0.950. The van der Waals surface area contributed by atoms with Crippen LogP contribution in [0.4, 0.5) is 0 Å². The first-order valence-electron chi connectivity index (χ1n) is 7.66. The van der Waals surface area contributed by atoms with Gasteiger partial charge in [0.05, 0.1) is 15.5 Å². The molecule has 2 unspecified atom stereocenters. The Hall–Kier alpha value is -1.18. The summed E-state index contributed by atoms with van der Waals surface area (Å²) < 4.78 is 47.7. The zero-order chi connectivity index (χ0) is 17.3. The van der Waals surface area contributed by atoms with Crippen LogP contribution in [-0.4, -0.2) is 22.6 Å². The van der Waals surface area contributed by atoms with Crippen LogP contribution in [0.5, 0.6) is 0 Å². The van der Waals surface area contributed by atoms with Crippen LogP contribution in [0.1, 0.15) is 33.1 Å². The van der Waals surface area contributed by atoms with Crippen LogP contribution in [0.2, 0.25) is 0 Å². The first-order chi connectivity index (χ1) is 10.6. The minimum atomic E-state index is -3.82. The maximum atomic E-state index is 12.6. The van der Waals surface area contributed by atoms with E-state index in [-0.39, 0.29) is 21.5 Å². The van der Waals surface area contributed by atoms with E-state index in [1.54, 1.807) is 0 Å². The van der Waals surface area contributed by atoms with E-state index in [0.717, 1.165) is 24.8 Å². The third-order valence-corrected chi connectivity index (χ3v) is 6.93. The van der Waals surface area contributed by atoms with Crippen molar-refractivity contribution in [2.24, 2.45) is 17.0 Å². The van der Waals surface area contributed by atoms with Crippen LogP contribution in [0, 0.1) is 11.8 Å². The molecule has 1 aromatic carbocycles. The molecular formula is C16H23NO4S2. The van der Waals surface area contributed by atoms with Crippen molar-refractivity contribution in [3.63, 3.8) is 0 Å². The molecule has 0 amide bonds. The predicted octanol–water partition coefficient (Wildman–Crippen LogP) is 2.49. The Bertz CT molecular complexity index is 793. The molecule has 0 aliphatic heterocycles. The Balaban J connectivity index is 2.28. The molecule has 0 fully saturated rings. The molecule has 0 heterocycles. The van der Waals surface area contributed by atoms with Gasteiger partial charge in [-0.1, -0.05) is 31.9 Å². The number of sulfone groups is 1. The number of allylic oxidation sites excluding steroid dienone is 1. The highest BCUT2D eigenvalue weighted by Crippen LogP contribution is 2.29. The van der Waals surface area contributed by atoms with E-state index in [4.69, 9.17) is 5.14 Å². The smallest absolute Gasteiger partial charge is 0.225 e. The number of rotatable bonds is 4. The van der Waals surface area contributed by atoms with Gasteiger partial charge >= 0.3 is 0 Å². The maximum Gasteiger partial charge on any atom is 0.238 e. The number of benzene rings is 1. The van der Waals surface area contributed by atoms with Crippen LogP contribution in [-0.2, 0) is 19.9 Å². The maximum absolute atomic E-state index is 12.6. The van der Waals surface area contributed by atoms with Gasteiger partial charge in [-0.25, -0.2) is 22.0 Å². The summed E-state index contributed by atoms with van der Waals surface area (Å²) in [7, 11) is -7.32. The van der Waals surface area contributed by atoms with Crippen LogP contribution in [0.25, 0.3) is 0 Å². The lowest BCUT2D eigenvalue weighted by molar-refractivity contribution is 0.547. The first-order valence-corrected chi connectivity index (χ1v) is 10.9. The van der Waals surface area contributed by atoms with E-state index < -0.39 is 19.9 Å². The van der Waals surface area contributed by atoms with Crippen LogP contribution in [0.15, 0.2) is 45.7 Å². The highest BCUT2D eigenvalue weighted by atomic mass is 32.2. The lowest BCUT2D eigenvalue weighted by Gasteiger charge is -2.15. The van der Waals surface area contributed by atoms with Crippen molar-refractivity contribution >= 4 is 19.9 Å². The quantitative estimate of drug-likeness (QED) is 0.838. The van der Waals surface area contributed by atoms with Crippen LogP contribution < -0.4 is 5.14 Å². The fourth-order valence-electron chi connectivity index (χ4n) is 2.87. The number of nitrogens with two attached hydrogens (primary N) is 1. The predicted molar refractivity (Wildman–Crippen MR) is 90.1 cm³/mol. The minimum Gasteiger partial charge on any atom is -0.225 e. The zero-order valence-electron chi connectivity index (χ0n) is 13.4. The lowest BCUT2D eigenvalue weighted by Crippen LogP contribution is -2.15. The molecule has 0 bridgehead atoms. The number of hydrogen-bond donors (Lipinski definition) is 1. The van der Waals surface area contributed by atoms with Gasteiger partial charge in [0.1, 0.15) is 0 Å². The Kier molecular flexibility index (Phi) is 5.33. The summed E-state index contributed by atoms with van der Waals surface area (Å²) in [6.45, 7) is 4.16. The first kappa shape index (κ1) is 18.2. The van der Waals surface area contributed by atoms with Crippen molar-refractivity contribution in [2.75, 3.05) is 5.75 Å². The third kappa shape index (κ3) is 4.65. The van der Waals surface area contributed by atoms with Gasteiger partial charge in [0, 0.05) is 0 Å². The van der Waals surface area contributed by atoms with E-state index in [9.17, 15) is 16.8 Å².